The molecule has 0 bridgehead atoms. The van der Waals surface area contributed by atoms with E-state index in [1.54, 1.807) is 17.1 Å². The van der Waals surface area contributed by atoms with Crippen LogP contribution in [0.25, 0.3) is 0 Å². The lowest BCUT2D eigenvalue weighted by atomic mass is 9.98. The van der Waals surface area contributed by atoms with Crippen molar-refractivity contribution in [3.05, 3.63) is 29.8 Å². The summed E-state index contributed by atoms with van der Waals surface area (Å²) < 4.78 is 4.57. The number of benzene rings is 1. The highest BCUT2D eigenvalue weighted by Crippen LogP contribution is 2.55. The standard InChI is InChI=1S/C13H15BrN2O3/c1-18-12(17)15-8-7-13(14)9-5-3-4-6-10(9)16(19-2)11(13)15/h3-6,11H,7-8H2,1-2H3. The number of carbonyl (C=O) groups is 1. The molecule has 0 aliphatic carbocycles. The molecule has 2 aliphatic heterocycles. The van der Waals surface area contributed by atoms with Crippen LogP contribution in [-0.4, -0.2) is 37.9 Å². The lowest BCUT2D eigenvalue weighted by Crippen LogP contribution is -2.49. The Balaban J connectivity index is 2.09. The molecule has 2 atom stereocenters. The predicted molar refractivity (Wildman–Crippen MR) is 74.1 cm³/mol. The van der Waals surface area contributed by atoms with Gasteiger partial charge in [0.25, 0.3) is 0 Å². The Hall–Kier alpha value is -1.27. The van der Waals surface area contributed by atoms with Crippen LogP contribution in [0, 0.1) is 0 Å². The number of hydrogen-bond donors (Lipinski definition) is 0. The number of ether oxygens (including phenoxy) is 1. The van der Waals surface area contributed by atoms with Crippen LogP contribution < -0.4 is 5.06 Å². The third-order valence-electron chi connectivity index (χ3n) is 3.84. The topological polar surface area (TPSA) is 42.0 Å². The summed E-state index contributed by atoms with van der Waals surface area (Å²) in [6.07, 6.45) is 0.271. The second kappa shape index (κ2) is 4.38. The fourth-order valence-corrected chi connectivity index (χ4v) is 3.97. The molecule has 0 aromatic heterocycles. The summed E-state index contributed by atoms with van der Waals surface area (Å²) in [5, 5.41) is 1.77. The first-order valence-corrected chi connectivity index (χ1v) is 6.89. The van der Waals surface area contributed by atoms with E-state index in [1.807, 2.05) is 18.2 Å². The molecule has 0 spiro atoms. The zero-order valence-electron chi connectivity index (χ0n) is 10.8. The maximum absolute atomic E-state index is 11.9. The Morgan fingerprint density at radius 1 is 1.42 bits per heavy atom. The van der Waals surface area contributed by atoms with Gasteiger partial charge in [0.2, 0.25) is 0 Å². The Kier molecular flexibility index (Phi) is 2.94. The van der Waals surface area contributed by atoms with Gasteiger partial charge in [-0.1, -0.05) is 34.1 Å². The zero-order chi connectivity index (χ0) is 13.6. The summed E-state index contributed by atoms with van der Waals surface area (Å²) in [7, 11) is 3.01. The summed E-state index contributed by atoms with van der Waals surface area (Å²) in [6, 6.07) is 8.02. The summed E-state index contributed by atoms with van der Waals surface area (Å²) in [6.45, 7) is 0.636. The number of hydrogen-bond acceptors (Lipinski definition) is 4. The third kappa shape index (κ3) is 1.59. The minimum Gasteiger partial charge on any atom is -0.453 e. The van der Waals surface area contributed by atoms with Gasteiger partial charge in [-0.3, -0.25) is 9.74 Å². The summed E-state index contributed by atoms with van der Waals surface area (Å²) >= 11 is 3.82. The van der Waals surface area contributed by atoms with E-state index in [2.05, 4.69) is 22.0 Å². The van der Waals surface area contributed by atoms with Crippen molar-refractivity contribution in [3.63, 3.8) is 0 Å². The van der Waals surface area contributed by atoms with Gasteiger partial charge in [0, 0.05) is 6.54 Å². The van der Waals surface area contributed by atoms with Gasteiger partial charge in [-0.25, -0.2) is 9.86 Å². The van der Waals surface area contributed by atoms with Crippen LogP contribution in [-0.2, 0) is 13.9 Å². The summed E-state index contributed by atoms with van der Waals surface area (Å²) in [5.41, 5.74) is 2.13. The van der Waals surface area contributed by atoms with Gasteiger partial charge in [-0.2, -0.15) is 0 Å². The van der Waals surface area contributed by atoms with Gasteiger partial charge in [0.05, 0.1) is 24.2 Å². The van der Waals surface area contributed by atoms with Crippen molar-refractivity contribution < 1.29 is 14.4 Å². The first-order valence-electron chi connectivity index (χ1n) is 6.10. The lowest BCUT2D eigenvalue weighted by molar-refractivity contribution is 0.0678. The molecular weight excluding hydrogens is 312 g/mol. The van der Waals surface area contributed by atoms with Gasteiger partial charge in [0.15, 0.2) is 6.17 Å². The SMILES string of the molecule is COC(=O)N1CCC2(Br)c3ccccc3N(OC)C12. The number of fused-ring (bicyclic) bond motifs is 3. The number of amides is 1. The van der Waals surface area contributed by atoms with E-state index in [9.17, 15) is 4.79 Å². The molecule has 2 aliphatic rings. The second-order valence-electron chi connectivity index (χ2n) is 4.68. The molecule has 0 saturated carbocycles. The highest BCUT2D eigenvalue weighted by atomic mass is 79.9. The average Bonchev–Trinajstić information content (AvgIpc) is 2.89. The molecule has 102 valence electrons. The van der Waals surface area contributed by atoms with Crippen LogP contribution >= 0.6 is 15.9 Å². The maximum atomic E-state index is 11.9. The van der Waals surface area contributed by atoms with E-state index in [0.717, 1.165) is 17.7 Å². The number of anilines is 1. The van der Waals surface area contributed by atoms with Crippen molar-refractivity contribution in [3.8, 4) is 0 Å². The Morgan fingerprint density at radius 3 is 2.84 bits per heavy atom. The quantitative estimate of drug-likeness (QED) is 0.743. The molecule has 5 nitrogen and oxygen atoms in total. The molecule has 2 unspecified atom stereocenters. The van der Waals surface area contributed by atoms with Crippen molar-refractivity contribution in [1.82, 2.24) is 4.90 Å². The van der Waals surface area contributed by atoms with E-state index >= 15 is 0 Å². The zero-order valence-corrected chi connectivity index (χ0v) is 12.4. The van der Waals surface area contributed by atoms with Crippen molar-refractivity contribution in [2.75, 3.05) is 25.8 Å². The molecule has 3 rings (SSSR count). The first-order chi connectivity index (χ1) is 9.13. The fourth-order valence-electron chi connectivity index (χ4n) is 3.02. The highest BCUT2D eigenvalue weighted by molar-refractivity contribution is 9.09. The minimum atomic E-state index is -0.332. The van der Waals surface area contributed by atoms with Crippen LogP contribution in [0.2, 0.25) is 0 Å². The number of para-hydroxylation sites is 1. The fraction of sp³-hybridized carbons (Fsp3) is 0.462. The third-order valence-corrected chi connectivity index (χ3v) is 5.07. The number of alkyl halides is 1. The summed E-state index contributed by atoms with van der Waals surface area (Å²) in [4.78, 5) is 19.1. The van der Waals surface area contributed by atoms with Gasteiger partial charge in [-0.05, 0) is 18.1 Å². The second-order valence-corrected chi connectivity index (χ2v) is 6.09. The monoisotopic (exact) mass is 326 g/mol. The van der Waals surface area contributed by atoms with E-state index in [0.29, 0.717) is 6.54 Å². The minimum absolute atomic E-state index is 0.220. The van der Waals surface area contributed by atoms with Gasteiger partial charge in [0.1, 0.15) is 0 Å². The normalized spacial score (nSPS) is 28.3. The molecule has 6 heteroatoms. The van der Waals surface area contributed by atoms with E-state index in [-0.39, 0.29) is 16.6 Å². The van der Waals surface area contributed by atoms with Gasteiger partial charge in [-0.15, -0.1) is 0 Å². The summed E-state index contributed by atoms with van der Waals surface area (Å²) in [5.74, 6) is 0. The highest BCUT2D eigenvalue weighted by Gasteiger charge is 2.58. The number of nitrogens with zero attached hydrogens (tertiary/aromatic N) is 2. The maximum Gasteiger partial charge on any atom is 0.411 e. The van der Waals surface area contributed by atoms with Crippen LogP contribution in [0.15, 0.2) is 24.3 Å². The molecule has 1 amide bonds. The molecule has 2 heterocycles. The number of hydroxylamine groups is 1. The lowest BCUT2D eigenvalue weighted by Gasteiger charge is -2.33. The van der Waals surface area contributed by atoms with E-state index in [4.69, 9.17) is 9.57 Å². The molecule has 0 N–H and O–H groups in total. The molecule has 1 aromatic rings. The number of halogens is 1. The van der Waals surface area contributed by atoms with Gasteiger partial charge < -0.3 is 4.74 Å². The number of methoxy groups -OCH3 is 1. The van der Waals surface area contributed by atoms with Crippen LogP contribution in [0.1, 0.15) is 12.0 Å². The van der Waals surface area contributed by atoms with Crippen molar-refractivity contribution >= 4 is 27.7 Å². The Labute approximate surface area is 120 Å². The molecule has 0 radical (unpaired) electrons. The van der Waals surface area contributed by atoms with E-state index in [1.165, 1.54) is 7.11 Å². The smallest absolute Gasteiger partial charge is 0.411 e. The first kappa shape index (κ1) is 12.7. The number of rotatable bonds is 1. The van der Waals surface area contributed by atoms with Crippen molar-refractivity contribution in [2.45, 2.75) is 16.9 Å². The largest absolute Gasteiger partial charge is 0.453 e. The number of likely N-dealkylation sites (tertiary alicyclic amines) is 1. The Morgan fingerprint density at radius 2 is 2.16 bits per heavy atom. The van der Waals surface area contributed by atoms with Crippen LogP contribution in [0.3, 0.4) is 0 Å². The molecule has 1 aromatic carbocycles. The molecular formula is C13H15BrN2O3. The molecule has 1 saturated heterocycles. The van der Waals surface area contributed by atoms with E-state index < -0.39 is 0 Å². The van der Waals surface area contributed by atoms with Crippen molar-refractivity contribution in [2.24, 2.45) is 0 Å². The van der Waals surface area contributed by atoms with Crippen LogP contribution in [0.5, 0.6) is 0 Å². The Bertz CT molecular complexity index is 524. The van der Waals surface area contributed by atoms with Gasteiger partial charge >= 0.3 is 6.09 Å². The molecule has 19 heavy (non-hydrogen) atoms. The number of carbonyl (C=O) groups excluding carboxylic acids is 1. The molecule has 1 fully saturated rings. The predicted octanol–water partition coefficient (Wildman–Crippen LogP) is 2.46. The average molecular weight is 327 g/mol. The van der Waals surface area contributed by atoms with Crippen molar-refractivity contribution in [1.29, 1.82) is 0 Å². The van der Waals surface area contributed by atoms with Crippen LogP contribution in [0.4, 0.5) is 10.5 Å².